The zero-order valence-corrected chi connectivity index (χ0v) is 10.9. The van der Waals surface area contributed by atoms with Crippen molar-refractivity contribution in [2.24, 2.45) is 0 Å². The van der Waals surface area contributed by atoms with E-state index in [-0.39, 0.29) is 15.5 Å². The third-order valence-electron chi connectivity index (χ3n) is 2.38. The number of carboxylic acid groups (broad SMARTS) is 1. The Morgan fingerprint density at radius 1 is 1.38 bits per heavy atom. The van der Waals surface area contributed by atoms with E-state index in [1.807, 2.05) is 0 Å². The number of aromatic nitrogens is 1. The van der Waals surface area contributed by atoms with Crippen LogP contribution in [0.1, 0.15) is 10.4 Å². The molecule has 0 aliphatic heterocycles. The molecule has 0 aliphatic carbocycles. The van der Waals surface area contributed by atoms with Crippen LogP contribution in [0.2, 0.25) is 0 Å². The molecule has 0 aliphatic rings. The number of nitro benzene ring substituents is 1. The Balaban J connectivity index is 2.54. The largest absolute Gasteiger partial charge is 0.478 e. The van der Waals surface area contributed by atoms with E-state index < -0.39 is 28.2 Å². The van der Waals surface area contributed by atoms with Gasteiger partial charge in [0.1, 0.15) is 10.8 Å². The highest BCUT2D eigenvalue weighted by molar-refractivity contribution is 7.99. The lowest BCUT2D eigenvalue weighted by atomic mass is 10.3. The topological polar surface area (TPSA) is 93.3 Å². The summed E-state index contributed by atoms with van der Waals surface area (Å²) < 4.78 is 26.7. The fourth-order valence-electron chi connectivity index (χ4n) is 1.54. The highest BCUT2D eigenvalue weighted by Crippen LogP contribution is 2.37. The Bertz CT molecular complexity index is 739. The molecule has 0 atom stereocenters. The zero-order chi connectivity index (χ0) is 15.6. The van der Waals surface area contributed by atoms with Gasteiger partial charge in [0.15, 0.2) is 0 Å². The summed E-state index contributed by atoms with van der Waals surface area (Å²) in [7, 11) is 0. The van der Waals surface area contributed by atoms with Crippen molar-refractivity contribution < 1.29 is 23.6 Å². The van der Waals surface area contributed by atoms with Crippen molar-refractivity contribution in [3.8, 4) is 0 Å². The van der Waals surface area contributed by atoms with Crippen molar-refractivity contribution in [1.82, 2.24) is 4.98 Å². The summed E-state index contributed by atoms with van der Waals surface area (Å²) in [6, 6.07) is 3.75. The summed E-state index contributed by atoms with van der Waals surface area (Å²) in [4.78, 5) is 24.3. The van der Waals surface area contributed by atoms with E-state index in [1.165, 1.54) is 18.3 Å². The Hall–Kier alpha value is -2.55. The van der Waals surface area contributed by atoms with Gasteiger partial charge >= 0.3 is 11.7 Å². The predicted octanol–water partition coefficient (Wildman–Crippen LogP) is 3.12. The molecule has 1 aromatic heterocycles. The molecule has 0 spiro atoms. The highest BCUT2D eigenvalue weighted by atomic mass is 32.2. The van der Waals surface area contributed by atoms with E-state index in [4.69, 9.17) is 5.11 Å². The molecule has 0 unspecified atom stereocenters. The van der Waals surface area contributed by atoms with Gasteiger partial charge in [0.25, 0.3) is 0 Å². The number of pyridine rings is 1. The molecule has 1 N–H and O–H groups in total. The minimum absolute atomic E-state index is 0.0990. The molecule has 0 saturated carbocycles. The quantitative estimate of drug-likeness (QED) is 0.688. The summed E-state index contributed by atoms with van der Waals surface area (Å²) in [5.74, 6) is -3.64. The number of carboxylic acids is 1. The molecule has 6 nitrogen and oxygen atoms in total. The van der Waals surface area contributed by atoms with Crippen LogP contribution in [0.3, 0.4) is 0 Å². The van der Waals surface area contributed by atoms with Crippen LogP contribution in [0.25, 0.3) is 0 Å². The van der Waals surface area contributed by atoms with Crippen LogP contribution in [0.5, 0.6) is 0 Å². The lowest BCUT2D eigenvalue weighted by Gasteiger charge is -2.06. The molecule has 108 valence electrons. The summed E-state index contributed by atoms with van der Waals surface area (Å²) >= 11 is 0.512. The molecule has 0 saturated heterocycles. The van der Waals surface area contributed by atoms with E-state index >= 15 is 0 Å². The van der Waals surface area contributed by atoms with Crippen LogP contribution in [0.15, 0.2) is 40.4 Å². The van der Waals surface area contributed by atoms with Crippen molar-refractivity contribution in [3.05, 3.63) is 57.8 Å². The van der Waals surface area contributed by atoms with Gasteiger partial charge in [-0.15, -0.1) is 0 Å². The number of aromatic carboxylic acids is 1. The Kier molecular flexibility index (Phi) is 4.13. The summed E-state index contributed by atoms with van der Waals surface area (Å²) in [6.45, 7) is 0. The maximum absolute atomic E-state index is 13.5. The first kappa shape index (κ1) is 14.9. The Morgan fingerprint density at radius 3 is 2.71 bits per heavy atom. The minimum Gasteiger partial charge on any atom is -0.478 e. The van der Waals surface area contributed by atoms with Gasteiger partial charge in [-0.3, -0.25) is 10.1 Å². The van der Waals surface area contributed by atoms with E-state index in [9.17, 15) is 23.7 Å². The Labute approximate surface area is 120 Å². The second kappa shape index (κ2) is 5.83. The van der Waals surface area contributed by atoms with Gasteiger partial charge < -0.3 is 5.11 Å². The molecule has 2 aromatic rings. The second-order valence-corrected chi connectivity index (χ2v) is 4.79. The third kappa shape index (κ3) is 3.14. The molecule has 21 heavy (non-hydrogen) atoms. The second-order valence-electron chi connectivity index (χ2n) is 3.75. The van der Waals surface area contributed by atoms with Crippen LogP contribution < -0.4 is 0 Å². The van der Waals surface area contributed by atoms with E-state index in [0.29, 0.717) is 17.8 Å². The molecule has 0 amide bonds. The SMILES string of the molecule is O=C(O)c1cccnc1Sc1cc(F)cc(F)c1[N+](=O)[O-]. The minimum atomic E-state index is -1.34. The molecule has 1 heterocycles. The number of nitro groups is 1. The van der Waals surface area contributed by atoms with Crippen molar-refractivity contribution in [2.75, 3.05) is 0 Å². The maximum atomic E-state index is 13.5. The van der Waals surface area contributed by atoms with E-state index in [2.05, 4.69) is 4.98 Å². The van der Waals surface area contributed by atoms with Gasteiger partial charge in [-0.2, -0.15) is 4.39 Å². The standard InChI is InChI=1S/C12H6F2N2O4S/c13-6-4-8(14)10(16(19)20)9(5-6)21-11-7(12(17)18)2-1-3-15-11/h1-5H,(H,17,18). The van der Waals surface area contributed by atoms with Crippen LogP contribution >= 0.6 is 11.8 Å². The van der Waals surface area contributed by atoms with Crippen LogP contribution in [0, 0.1) is 21.7 Å². The van der Waals surface area contributed by atoms with Crippen molar-refractivity contribution in [3.63, 3.8) is 0 Å². The molecule has 0 bridgehead atoms. The maximum Gasteiger partial charge on any atom is 0.338 e. The number of benzene rings is 1. The van der Waals surface area contributed by atoms with E-state index in [0.717, 1.165) is 6.07 Å². The third-order valence-corrected chi connectivity index (χ3v) is 3.43. The van der Waals surface area contributed by atoms with E-state index in [1.54, 1.807) is 0 Å². The molecule has 0 radical (unpaired) electrons. The fraction of sp³-hybridized carbons (Fsp3) is 0. The summed E-state index contributed by atoms with van der Waals surface area (Å²) in [6.07, 6.45) is 1.27. The van der Waals surface area contributed by atoms with Crippen molar-refractivity contribution in [1.29, 1.82) is 0 Å². The van der Waals surface area contributed by atoms with Crippen LogP contribution in [-0.4, -0.2) is 21.0 Å². The molecule has 0 fully saturated rings. The predicted molar refractivity (Wildman–Crippen MR) is 68.3 cm³/mol. The molecule has 2 rings (SSSR count). The lowest BCUT2D eigenvalue weighted by molar-refractivity contribution is -0.390. The number of rotatable bonds is 4. The number of carbonyl (C=O) groups is 1. The number of nitrogens with zero attached hydrogens (tertiary/aromatic N) is 2. The first-order valence-corrected chi connectivity index (χ1v) is 6.21. The average molecular weight is 312 g/mol. The number of hydrogen-bond acceptors (Lipinski definition) is 5. The summed E-state index contributed by atoms with van der Waals surface area (Å²) in [5.41, 5.74) is -1.15. The first-order valence-electron chi connectivity index (χ1n) is 5.39. The smallest absolute Gasteiger partial charge is 0.338 e. The Morgan fingerprint density at radius 2 is 2.10 bits per heavy atom. The molecule has 9 heteroatoms. The monoisotopic (exact) mass is 312 g/mol. The van der Waals surface area contributed by atoms with Crippen LogP contribution in [0.4, 0.5) is 14.5 Å². The zero-order valence-electron chi connectivity index (χ0n) is 10.1. The molecular weight excluding hydrogens is 306 g/mol. The van der Waals surface area contributed by atoms with Crippen molar-refractivity contribution in [2.45, 2.75) is 9.92 Å². The normalized spacial score (nSPS) is 10.4. The number of hydrogen-bond donors (Lipinski definition) is 1. The van der Waals surface area contributed by atoms with Gasteiger partial charge in [-0.25, -0.2) is 14.2 Å². The highest BCUT2D eigenvalue weighted by Gasteiger charge is 2.24. The van der Waals surface area contributed by atoms with Gasteiger partial charge in [0.05, 0.1) is 15.4 Å². The van der Waals surface area contributed by atoms with Gasteiger partial charge in [-0.1, -0.05) is 11.8 Å². The average Bonchev–Trinajstić information content (AvgIpc) is 2.37. The number of halogens is 2. The van der Waals surface area contributed by atoms with Crippen molar-refractivity contribution >= 4 is 23.4 Å². The summed E-state index contributed by atoms with van der Waals surface area (Å²) in [5, 5.41) is 19.8. The fourth-order valence-corrected chi connectivity index (χ4v) is 2.56. The van der Waals surface area contributed by atoms with Gasteiger partial charge in [0, 0.05) is 12.3 Å². The first-order chi connectivity index (χ1) is 9.90. The molecular formula is C12H6F2N2O4S. The molecule has 1 aromatic carbocycles. The van der Waals surface area contributed by atoms with Crippen LogP contribution in [-0.2, 0) is 0 Å². The van der Waals surface area contributed by atoms with Gasteiger partial charge in [-0.05, 0) is 18.2 Å². The van der Waals surface area contributed by atoms with Gasteiger partial charge in [0.2, 0.25) is 5.82 Å². The lowest BCUT2D eigenvalue weighted by Crippen LogP contribution is -2.01.